The molecule has 0 bridgehead atoms. The average Bonchev–Trinajstić information content (AvgIpc) is 3.60. The van der Waals surface area contributed by atoms with Crippen LogP contribution in [-0.2, 0) is 22.5 Å². The molecule has 234 valence electrons. The van der Waals surface area contributed by atoms with Crippen LogP contribution >= 0.6 is 0 Å². The van der Waals surface area contributed by atoms with Gasteiger partial charge in [0.15, 0.2) is 0 Å². The van der Waals surface area contributed by atoms with Crippen molar-refractivity contribution in [1.29, 1.82) is 0 Å². The summed E-state index contributed by atoms with van der Waals surface area (Å²) in [7, 11) is 3.33. The topological polar surface area (TPSA) is 119 Å². The molecule has 2 aromatic heterocycles. The molecular formula is C32H35FN8O4. The van der Waals surface area contributed by atoms with E-state index in [0.717, 1.165) is 55.8 Å². The molecule has 12 nitrogen and oxygen atoms in total. The quantitative estimate of drug-likeness (QED) is 0.273. The number of imidazole rings is 1. The van der Waals surface area contributed by atoms with E-state index < -0.39 is 5.82 Å². The Morgan fingerprint density at radius 1 is 1.13 bits per heavy atom. The lowest BCUT2D eigenvalue weighted by atomic mass is 10.0. The van der Waals surface area contributed by atoms with E-state index in [0.29, 0.717) is 47.5 Å². The first-order chi connectivity index (χ1) is 21.9. The number of aryl methyl sites for hydroxylation is 2. The smallest absolute Gasteiger partial charge is 0.334 e. The molecule has 1 atom stereocenters. The third-order valence-corrected chi connectivity index (χ3v) is 9.00. The van der Waals surface area contributed by atoms with Crippen LogP contribution in [-0.4, -0.2) is 82.5 Å². The molecule has 7 rings (SSSR count). The van der Waals surface area contributed by atoms with E-state index in [1.54, 1.807) is 30.9 Å². The molecule has 0 saturated carbocycles. The largest absolute Gasteiger partial charge is 0.494 e. The number of ether oxygens (including phenoxy) is 2. The van der Waals surface area contributed by atoms with E-state index in [1.807, 2.05) is 6.07 Å². The highest BCUT2D eigenvalue weighted by atomic mass is 19.1. The van der Waals surface area contributed by atoms with Crippen molar-refractivity contribution in [3.63, 3.8) is 0 Å². The Morgan fingerprint density at radius 3 is 2.73 bits per heavy atom. The van der Waals surface area contributed by atoms with Gasteiger partial charge in [-0.3, -0.25) is 14.3 Å². The molecular weight excluding hydrogens is 579 g/mol. The summed E-state index contributed by atoms with van der Waals surface area (Å²) in [6.07, 6.45) is 5.52. The Hall–Kier alpha value is -4.75. The van der Waals surface area contributed by atoms with Gasteiger partial charge in [0.25, 0.3) is 0 Å². The molecule has 13 heteroatoms. The van der Waals surface area contributed by atoms with Crippen LogP contribution in [0.15, 0.2) is 54.0 Å². The third-order valence-electron chi connectivity index (χ3n) is 9.00. The summed E-state index contributed by atoms with van der Waals surface area (Å²) in [6, 6.07) is 8.53. The number of carbonyl (C=O) groups excluding carboxylic acids is 1. The molecule has 0 radical (unpaired) electrons. The van der Waals surface area contributed by atoms with Gasteiger partial charge in [-0.25, -0.2) is 18.7 Å². The minimum absolute atomic E-state index is 0.199. The highest BCUT2D eigenvalue weighted by Crippen LogP contribution is 2.40. The van der Waals surface area contributed by atoms with Gasteiger partial charge in [0, 0.05) is 70.3 Å². The number of nitrogens with one attached hydrogen (secondary N) is 2. The first kappa shape index (κ1) is 29.0. The maximum atomic E-state index is 14.6. The lowest BCUT2D eigenvalue weighted by Crippen LogP contribution is -2.59. The molecule has 2 saturated heterocycles. The molecule has 1 amide bonds. The van der Waals surface area contributed by atoms with Crippen LogP contribution in [0.4, 0.5) is 27.4 Å². The molecule has 2 N–H and O–H groups in total. The van der Waals surface area contributed by atoms with Crippen LogP contribution in [0, 0.1) is 5.82 Å². The number of halogens is 1. The van der Waals surface area contributed by atoms with Crippen molar-refractivity contribution in [3.05, 3.63) is 71.0 Å². The predicted octanol–water partition coefficient (Wildman–Crippen LogP) is 3.45. The summed E-state index contributed by atoms with van der Waals surface area (Å²) >= 11 is 0. The van der Waals surface area contributed by atoms with Gasteiger partial charge >= 0.3 is 5.69 Å². The molecule has 0 spiro atoms. The summed E-state index contributed by atoms with van der Waals surface area (Å²) in [4.78, 5) is 39.6. The Bertz CT molecular complexity index is 1860. The molecule has 3 aliphatic heterocycles. The predicted molar refractivity (Wildman–Crippen MR) is 169 cm³/mol. The second-order valence-corrected chi connectivity index (χ2v) is 11.6. The lowest BCUT2D eigenvalue weighted by Gasteiger charge is -2.46. The summed E-state index contributed by atoms with van der Waals surface area (Å²) in [5, 5.41) is 6.12. The second kappa shape index (κ2) is 11.6. The summed E-state index contributed by atoms with van der Waals surface area (Å²) in [5.41, 5.74) is 3.65. The number of carbonyl (C=O) groups is 1. The number of likely N-dealkylation sites (tertiary alicyclic amines) is 1. The van der Waals surface area contributed by atoms with Crippen molar-refractivity contribution >= 4 is 40.0 Å². The molecule has 3 aliphatic rings. The first-order valence-corrected chi connectivity index (χ1v) is 15.1. The lowest BCUT2D eigenvalue weighted by molar-refractivity contribution is -0.111. The first-order valence-electron chi connectivity index (χ1n) is 15.1. The van der Waals surface area contributed by atoms with E-state index in [4.69, 9.17) is 9.47 Å². The Labute approximate surface area is 259 Å². The number of amides is 1. The van der Waals surface area contributed by atoms with Crippen molar-refractivity contribution < 1.29 is 18.7 Å². The van der Waals surface area contributed by atoms with Crippen molar-refractivity contribution in [2.24, 2.45) is 0 Å². The molecule has 0 aliphatic carbocycles. The minimum atomic E-state index is -0.398. The SMILES string of the molecule is C=CC(=O)Nc1cc(Nc2nccc(-n3c(=O)n4c5c(cc(F)cc53)CCC4)n2)c(OC)cc1N1CC(N2CCC(OC)C2)C1. The number of benzene rings is 2. The minimum Gasteiger partial charge on any atom is -0.494 e. The van der Waals surface area contributed by atoms with Crippen LogP contribution in [0.5, 0.6) is 5.75 Å². The van der Waals surface area contributed by atoms with Crippen molar-refractivity contribution in [1.82, 2.24) is 24.0 Å². The van der Waals surface area contributed by atoms with Gasteiger partial charge in [-0.2, -0.15) is 4.98 Å². The number of hydrogen-bond donors (Lipinski definition) is 2. The number of nitrogens with zero attached hydrogens (tertiary/aromatic N) is 6. The maximum Gasteiger partial charge on any atom is 0.334 e. The molecule has 2 aromatic carbocycles. The second-order valence-electron chi connectivity index (χ2n) is 11.6. The van der Waals surface area contributed by atoms with E-state index in [1.165, 1.54) is 29.0 Å². The van der Waals surface area contributed by atoms with Crippen LogP contribution < -0.4 is 26.0 Å². The van der Waals surface area contributed by atoms with Gasteiger partial charge in [-0.05, 0) is 43.0 Å². The van der Waals surface area contributed by atoms with Gasteiger partial charge in [-0.15, -0.1) is 0 Å². The van der Waals surface area contributed by atoms with E-state index in [2.05, 4.69) is 37.0 Å². The Balaban J connectivity index is 1.20. The number of rotatable bonds is 9. The normalized spacial score (nSPS) is 18.2. The summed E-state index contributed by atoms with van der Waals surface area (Å²) < 4.78 is 29.0. The van der Waals surface area contributed by atoms with Crippen molar-refractivity contribution in [2.45, 2.75) is 38.0 Å². The average molecular weight is 615 g/mol. The van der Waals surface area contributed by atoms with Crippen LogP contribution in [0.1, 0.15) is 18.4 Å². The Morgan fingerprint density at radius 2 is 1.98 bits per heavy atom. The van der Waals surface area contributed by atoms with Gasteiger partial charge in [0.2, 0.25) is 11.9 Å². The number of anilines is 4. The van der Waals surface area contributed by atoms with E-state index in [-0.39, 0.29) is 23.6 Å². The molecule has 5 heterocycles. The van der Waals surface area contributed by atoms with Gasteiger partial charge < -0.3 is 25.0 Å². The van der Waals surface area contributed by atoms with Gasteiger partial charge in [0.1, 0.15) is 17.4 Å². The third kappa shape index (κ3) is 5.21. The monoisotopic (exact) mass is 614 g/mol. The maximum absolute atomic E-state index is 14.6. The number of aromatic nitrogens is 4. The molecule has 2 fully saturated rings. The van der Waals surface area contributed by atoms with Crippen LogP contribution in [0.25, 0.3) is 16.9 Å². The van der Waals surface area contributed by atoms with E-state index in [9.17, 15) is 14.0 Å². The van der Waals surface area contributed by atoms with Crippen molar-refractivity contribution in [3.8, 4) is 11.6 Å². The fraction of sp³-hybridized carbons (Fsp3) is 0.375. The fourth-order valence-electron chi connectivity index (χ4n) is 6.68. The van der Waals surface area contributed by atoms with Crippen LogP contribution in [0.3, 0.4) is 0 Å². The number of hydrogen-bond acceptors (Lipinski definition) is 9. The Kier molecular flexibility index (Phi) is 7.50. The zero-order valence-corrected chi connectivity index (χ0v) is 25.3. The van der Waals surface area contributed by atoms with Crippen LogP contribution in [0.2, 0.25) is 0 Å². The van der Waals surface area contributed by atoms with Gasteiger partial charge in [-0.1, -0.05) is 6.58 Å². The molecule has 1 unspecified atom stereocenters. The highest BCUT2D eigenvalue weighted by molar-refractivity contribution is 6.02. The summed E-state index contributed by atoms with van der Waals surface area (Å²) in [5.74, 6) is 0.282. The van der Waals surface area contributed by atoms with Crippen molar-refractivity contribution in [2.75, 3.05) is 55.9 Å². The fourth-order valence-corrected chi connectivity index (χ4v) is 6.68. The highest BCUT2D eigenvalue weighted by Gasteiger charge is 2.37. The summed E-state index contributed by atoms with van der Waals surface area (Å²) in [6.45, 7) is 7.69. The van der Waals surface area contributed by atoms with E-state index >= 15 is 0 Å². The zero-order chi connectivity index (χ0) is 31.2. The number of methoxy groups -OCH3 is 2. The standard InChI is InChI=1S/C32H35FN8O4/c1-4-29(42)35-23-14-24(27(45-3)15-25(23)39-16-21(17-39)38-11-8-22(18-38)44-2)36-31-34-9-7-28(37-31)41-26-13-20(33)12-19-6-5-10-40(30(19)26)32(41)43/h4,7,9,12-15,21-22H,1,5-6,8,10-11,16-18H2,2-3H3,(H,35,42)(H,34,36,37). The van der Waals surface area contributed by atoms with Gasteiger partial charge in [0.05, 0.1) is 41.3 Å². The molecule has 4 aromatic rings. The molecule has 45 heavy (non-hydrogen) atoms. The zero-order valence-electron chi connectivity index (χ0n) is 25.3.